The van der Waals surface area contributed by atoms with Crippen LogP contribution in [0.4, 0.5) is 11.6 Å². The lowest BCUT2D eigenvalue weighted by Crippen LogP contribution is -2.42. The molecule has 1 unspecified atom stereocenters. The zero-order valence-corrected chi connectivity index (χ0v) is 21.8. The zero-order valence-electron chi connectivity index (χ0n) is 21.8. The topological polar surface area (TPSA) is 121 Å². The molecule has 4 heterocycles. The molecule has 0 radical (unpaired) electrons. The Morgan fingerprint density at radius 2 is 2.16 bits per heavy atom. The first-order chi connectivity index (χ1) is 17.9. The summed E-state index contributed by atoms with van der Waals surface area (Å²) in [6, 6.07) is 7.92. The van der Waals surface area contributed by atoms with Crippen LogP contribution < -0.4 is 25.6 Å². The number of nitrogens with one attached hydrogen (secondary N) is 3. The molecule has 1 spiro atoms. The number of hydrogen-bond donors (Lipinski definition) is 4. The smallest absolute Gasteiger partial charge is 0.220 e. The Morgan fingerprint density at radius 1 is 1.32 bits per heavy atom. The summed E-state index contributed by atoms with van der Waals surface area (Å²) in [5, 5.41) is 19.6. The third kappa shape index (κ3) is 5.97. The van der Waals surface area contributed by atoms with E-state index in [1.807, 2.05) is 24.3 Å². The van der Waals surface area contributed by atoms with Crippen molar-refractivity contribution < 1.29 is 19.4 Å². The van der Waals surface area contributed by atoms with Crippen molar-refractivity contribution in [2.75, 3.05) is 63.3 Å². The zero-order chi connectivity index (χ0) is 25.8. The number of ether oxygens (including phenoxy) is 2. The number of anilines is 2. The summed E-state index contributed by atoms with van der Waals surface area (Å²) in [7, 11) is 1.80. The van der Waals surface area contributed by atoms with E-state index in [1.165, 1.54) is 0 Å². The summed E-state index contributed by atoms with van der Waals surface area (Å²) >= 11 is 0. The van der Waals surface area contributed by atoms with Crippen LogP contribution in [0, 0.1) is 12.3 Å². The first-order valence-electron chi connectivity index (χ1n) is 13.3. The van der Waals surface area contributed by atoms with Gasteiger partial charge in [-0.15, -0.1) is 0 Å². The fourth-order valence-corrected chi connectivity index (χ4v) is 5.43. The minimum atomic E-state index is -0.590. The number of carbonyl (C=O) groups excluding carboxylic acids is 1. The third-order valence-corrected chi connectivity index (χ3v) is 7.68. The van der Waals surface area contributed by atoms with E-state index in [0.717, 1.165) is 68.3 Å². The number of benzene rings is 1. The predicted molar refractivity (Wildman–Crippen MR) is 142 cm³/mol. The first kappa shape index (κ1) is 25.7. The SMILES string of the molecule is CNCC(O)COc1cccc(-c2nc(N[C@@H]3CCOC3)c(C)c(N3CCC4(CC3)CNC(=O)C4)n2)c1. The van der Waals surface area contributed by atoms with Gasteiger partial charge in [0.05, 0.1) is 12.6 Å². The Labute approximate surface area is 218 Å². The van der Waals surface area contributed by atoms with Crippen LogP contribution in [0.2, 0.25) is 0 Å². The highest BCUT2D eigenvalue weighted by molar-refractivity contribution is 5.79. The Morgan fingerprint density at radius 3 is 2.86 bits per heavy atom. The summed E-state index contributed by atoms with van der Waals surface area (Å²) in [5.74, 6) is 3.20. The molecule has 4 N–H and O–H groups in total. The van der Waals surface area contributed by atoms with Gasteiger partial charge in [-0.05, 0) is 50.8 Å². The number of carbonyl (C=O) groups is 1. The molecule has 3 fully saturated rings. The molecule has 0 bridgehead atoms. The largest absolute Gasteiger partial charge is 0.491 e. The maximum absolute atomic E-state index is 11.9. The molecule has 200 valence electrons. The van der Waals surface area contributed by atoms with E-state index < -0.39 is 6.10 Å². The Balaban J connectivity index is 1.41. The van der Waals surface area contributed by atoms with Gasteiger partial charge in [0.2, 0.25) is 5.91 Å². The maximum Gasteiger partial charge on any atom is 0.220 e. The summed E-state index contributed by atoms with van der Waals surface area (Å²) in [4.78, 5) is 24.2. The van der Waals surface area contributed by atoms with Crippen LogP contribution in [0.5, 0.6) is 5.75 Å². The average Bonchev–Trinajstić information content (AvgIpc) is 3.55. The van der Waals surface area contributed by atoms with E-state index in [9.17, 15) is 9.90 Å². The Kier molecular flexibility index (Phi) is 7.78. The van der Waals surface area contributed by atoms with Gasteiger partial charge >= 0.3 is 0 Å². The predicted octanol–water partition coefficient (Wildman–Crippen LogP) is 1.72. The highest BCUT2D eigenvalue weighted by Crippen LogP contribution is 2.40. The number of piperidine rings is 1. The molecule has 0 aliphatic carbocycles. The summed E-state index contributed by atoms with van der Waals surface area (Å²) in [6.07, 6.45) is 2.90. The van der Waals surface area contributed by atoms with E-state index in [1.54, 1.807) is 7.05 Å². The van der Waals surface area contributed by atoms with Gasteiger partial charge in [0.1, 0.15) is 30.1 Å². The van der Waals surface area contributed by atoms with Gasteiger partial charge in [-0.1, -0.05) is 12.1 Å². The van der Waals surface area contributed by atoms with Crippen LogP contribution in [0.3, 0.4) is 0 Å². The molecule has 37 heavy (non-hydrogen) atoms. The molecule has 0 saturated carbocycles. The first-order valence-corrected chi connectivity index (χ1v) is 13.3. The van der Waals surface area contributed by atoms with Gasteiger partial charge in [0.25, 0.3) is 0 Å². The molecular formula is C27H38N6O4. The number of likely N-dealkylation sites (N-methyl/N-ethyl adjacent to an activating group) is 1. The highest BCUT2D eigenvalue weighted by Gasteiger charge is 2.41. The van der Waals surface area contributed by atoms with Crippen molar-refractivity contribution in [2.24, 2.45) is 5.41 Å². The molecule has 3 aliphatic rings. The number of amides is 1. The van der Waals surface area contributed by atoms with Gasteiger partial charge < -0.3 is 35.4 Å². The van der Waals surface area contributed by atoms with Crippen molar-refractivity contribution in [2.45, 2.75) is 44.8 Å². The molecule has 5 rings (SSSR count). The minimum absolute atomic E-state index is 0.0726. The van der Waals surface area contributed by atoms with Gasteiger partial charge in [0, 0.05) is 50.3 Å². The summed E-state index contributed by atoms with van der Waals surface area (Å²) < 4.78 is 11.4. The molecule has 2 atom stereocenters. The minimum Gasteiger partial charge on any atom is -0.491 e. The Hall–Kier alpha value is -2.95. The second-order valence-electron chi connectivity index (χ2n) is 10.5. The number of aromatic nitrogens is 2. The number of nitrogens with zero attached hydrogens (tertiary/aromatic N) is 3. The van der Waals surface area contributed by atoms with Gasteiger partial charge in [-0.2, -0.15) is 0 Å². The molecule has 3 aliphatic heterocycles. The molecule has 10 heteroatoms. The molecule has 1 aromatic carbocycles. The second-order valence-corrected chi connectivity index (χ2v) is 10.5. The quantitative estimate of drug-likeness (QED) is 0.400. The van der Waals surface area contributed by atoms with Crippen LogP contribution in [0.25, 0.3) is 11.4 Å². The molecule has 2 aromatic rings. The second kappa shape index (κ2) is 11.2. The van der Waals surface area contributed by atoms with Crippen molar-refractivity contribution in [1.29, 1.82) is 0 Å². The standard InChI is InChI=1S/C27H38N6O4/c1-18-24(30-20-6-11-36-15-20)31-25(19-4-3-5-22(12-19)37-16-21(34)14-28-2)32-26(18)33-9-7-27(8-10-33)13-23(35)29-17-27/h3-5,12,20-21,28,34H,6-11,13-17H2,1-2H3,(H,29,35)(H,30,31,32)/t20-,21?/m1/s1. The molecule has 1 amide bonds. The van der Waals surface area contributed by atoms with Crippen molar-refractivity contribution >= 4 is 17.5 Å². The molecular weight excluding hydrogens is 472 g/mol. The van der Waals surface area contributed by atoms with Gasteiger partial charge in [-0.25, -0.2) is 9.97 Å². The fourth-order valence-electron chi connectivity index (χ4n) is 5.43. The molecule has 10 nitrogen and oxygen atoms in total. The third-order valence-electron chi connectivity index (χ3n) is 7.68. The number of aliphatic hydroxyl groups excluding tert-OH is 1. The molecule has 3 saturated heterocycles. The number of rotatable bonds is 9. The Bertz CT molecular complexity index is 1100. The lowest BCUT2D eigenvalue weighted by atomic mass is 9.77. The fraction of sp³-hybridized carbons (Fsp3) is 0.593. The van der Waals surface area contributed by atoms with Crippen LogP contribution in [0.1, 0.15) is 31.2 Å². The van der Waals surface area contributed by atoms with Crippen molar-refractivity contribution in [3.05, 3.63) is 29.8 Å². The lowest BCUT2D eigenvalue weighted by molar-refractivity contribution is -0.119. The van der Waals surface area contributed by atoms with Crippen LogP contribution in [0.15, 0.2) is 24.3 Å². The number of aliphatic hydroxyl groups is 1. The maximum atomic E-state index is 11.9. The van der Waals surface area contributed by atoms with E-state index in [0.29, 0.717) is 31.1 Å². The monoisotopic (exact) mass is 510 g/mol. The van der Waals surface area contributed by atoms with Crippen molar-refractivity contribution in [3.8, 4) is 17.1 Å². The highest BCUT2D eigenvalue weighted by atomic mass is 16.5. The van der Waals surface area contributed by atoms with Gasteiger partial charge in [0.15, 0.2) is 5.82 Å². The van der Waals surface area contributed by atoms with E-state index in [4.69, 9.17) is 19.4 Å². The normalized spacial score (nSPS) is 21.8. The van der Waals surface area contributed by atoms with E-state index >= 15 is 0 Å². The van der Waals surface area contributed by atoms with Crippen LogP contribution in [-0.4, -0.2) is 86.2 Å². The van der Waals surface area contributed by atoms with Crippen LogP contribution in [-0.2, 0) is 9.53 Å². The van der Waals surface area contributed by atoms with Crippen molar-refractivity contribution in [3.63, 3.8) is 0 Å². The van der Waals surface area contributed by atoms with Crippen LogP contribution >= 0.6 is 0 Å². The summed E-state index contributed by atoms with van der Waals surface area (Å²) in [6.45, 7) is 6.64. The van der Waals surface area contributed by atoms with Gasteiger partial charge in [-0.3, -0.25) is 4.79 Å². The van der Waals surface area contributed by atoms with E-state index in [-0.39, 0.29) is 24.0 Å². The average molecular weight is 511 g/mol. The number of hydrogen-bond acceptors (Lipinski definition) is 9. The lowest BCUT2D eigenvalue weighted by Gasteiger charge is -2.39. The summed E-state index contributed by atoms with van der Waals surface area (Å²) in [5.41, 5.74) is 1.95. The van der Waals surface area contributed by atoms with Crippen molar-refractivity contribution in [1.82, 2.24) is 20.6 Å². The van der Waals surface area contributed by atoms with E-state index in [2.05, 4.69) is 27.8 Å². The molecule has 1 aromatic heterocycles.